The molecule has 0 unspecified atom stereocenters. The number of nitrogen functional groups attached to an aromatic ring is 1. The van der Waals surface area contributed by atoms with Gasteiger partial charge in [-0.2, -0.15) is 0 Å². The lowest BCUT2D eigenvalue weighted by atomic mass is 10.2. The van der Waals surface area contributed by atoms with Crippen LogP contribution in [0, 0.1) is 0 Å². The molecular weight excluding hydrogens is 200 g/mol. The Bertz CT molecular complexity index is 438. The Morgan fingerprint density at radius 1 is 1.36 bits per heavy atom. The normalized spacial score (nSPS) is 10.4. The van der Waals surface area contributed by atoms with Crippen molar-refractivity contribution in [3.05, 3.63) is 41.0 Å². The number of nitrogens with zero attached hydrogens (tertiary/aromatic N) is 3. The van der Waals surface area contributed by atoms with Crippen LogP contribution in [0.2, 0.25) is 5.02 Å². The number of rotatable bonds is 2. The summed E-state index contributed by atoms with van der Waals surface area (Å²) in [6.07, 6.45) is 1.67. The second kappa shape index (κ2) is 3.67. The number of benzene rings is 1. The summed E-state index contributed by atoms with van der Waals surface area (Å²) < 4.78 is 1.65. The van der Waals surface area contributed by atoms with Gasteiger partial charge in [0.05, 0.1) is 12.7 Å². The third kappa shape index (κ3) is 1.85. The highest BCUT2D eigenvalue weighted by Crippen LogP contribution is 2.15. The Kier molecular flexibility index (Phi) is 2.37. The van der Waals surface area contributed by atoms with Crippen LogP contribution < -0.4 is 5.73 Å². The first-order valence-electron chi connectivity index (χ1n) is 4.15. The molecule has 0 amide bonds. The Balaban J connectivity index is 2.23. The van der Waals surface area contributed by atoms with Crippen LogP contribution in [0.1, 0.15) is 5.56 Å². The lowest BCUT2D eigenvalue weighted by molar-refractivity contribution is 0.650. The Hall–Kier alpha value is -1.55. The number of hydrogen-bond acceptors (Lipinski definition) is 3. The number of halogens is 1. The zero-order valence-corrected chi connectivity index (χ0v) is 8.15. The van der Waals surface area contributed by atoms with Crippen LogP contribution in [0.4, 0.5) is 5.82 Å². The topological polar surface area (TPSA) is 56.7 Å². The number of hydrogen-bond donors (Lipinski definition) is 1. The molecule has 1 aromatic heterocycles. The van der Waals surface area contributed by atoms with E-state index in [1.54, 1.807) is 10.9 Å². The molecule has 0 aliphatic heterocycles. The van der Waals surface area contributed by atoms with Crippen LogP contribution in [-0.2, 0) is 6.54 Å². The fourth-order valence-corrected chi connectivity index (χ4v) is 1.39. The predicted molar refractivity (Wildman–Crippen MR) is 55.0 cm³/mol. The molecule has 0 saturated heterocycles. The Morgan fingerprint density at radius 2 is 2.14 bits per heavy atom. The van der Waals surface area contributed by atoms with Crippen molar-refractivity contribution in [1.82, 2.24) is 15.0 Å². The van der Waals surface area contributed by atoms with Crippen molar-refractivity contribution in [2.24, 2.45) is 0 Å². The van der Waals surface area contributed by atoms with Gasteiger partial charge in [-0.3, -0.25) is 0 Å². The fourth-order valence-electron chi connectivity index (χ4n) is 1.19. The maximum absolute atomic E-state index is 5.99. The highest BCUT2D eigenvalue weighted by molar-refractivity contribution is 6.31. The molecule has 2 rings (SSSR count). The second-order valence-electron chi connectivity index (χ2n) is 2.93. The molecule has 0 radical (unpaired) electrons. The summed E-state index contributed by atoms with van der Waals surface area (Å²) in [5.74, 6) is 0.414. The third-order valence-electron chi connectivity index (χ3n) is 1.85. The molecule has 0 spiro atoms. The first-order valence-corrected chi connectivity index (χ1v) is 4.52. The smallest absolute Gasteiger partial charge is 0.165 e. The summed E-state index contributed by atoms with van der Waals surface area (Å²) in [4.78, 5) is 0. The van der Waals surface area contributed by atoms with Gasteiger partial charge >= 0.3 is 0 Å². The lowest BCUT2D eigenvalue weighted by Crippen LogP contribution is -2.00. The first kappa shape index (κ1) is 9.02. The predicted octanol–water partition coefficient (Wildman–Crippen LogP) is 1.56. The summed E-state index contributed by atoms with van der Waals surface area (Å²) in [7, 11) is 0. The summed E-state index contributed by atoms with van der Waals surface area (Å²) in [5.41, 5.74) is 6.44. The van der Waals surface area contributed by atoms with E-state index in [1.165, 1.54) is 0 Å². The van der Waals surface area contributed by atoms with E-state index >= 15 is 0 Å². The minimum Gasteiger partial charge on any atom is -0.381 e. The van der Waals surface area contributed by atoms with Crippen molar-refractivity contribution in [3.63, 3.8) is 0 Å². The molecule has 0 saturated carbocycles. The SMILES string of the molecule is Nc1cn(Cc2ccccc2Cl)nn1. The average Bonchev–Trinajstić information content (AvgIpc) is 2.56. The van der Waals surface area contributed by atoms with Crippen LogP contribution in [0.25, 0.3) is 0 Å². The molecule has 72 valence electrons. The van der Waals surface area contributed by atoms with Crippen LogP contribution in [0.5, 0.6) is 0 Å². The molecule has 2 aromatic rings. The summed E-state index contributed by atoms with van der Waals surface area (Å²) in [6.45, 7) is 0.587. The van der Waals surface area contributed by atoms with Gasteiger partial charge in [0.15, 0.2) is 5.82 Å². The van der Waals surface area contributed by atoms with Gasteiger partial charge < -0.3 is 5.73 Å². The molecule has 2 N–H and O–H groups in total. The largest absolute Gasteiger partial charge is 0.381 e. The van der Waals surface area contributed by atoms with E-state index in [0.717, 1.165) is 10.6 Å². The molecule has 0 aliphatic rings. The van der Waals surface area contributed by atoms with Gasteiger partial charge in [-0.15, -0.1) is 5.10 Å². The lowest BCUT2D eigenvalue weighted by Gasteiger charge is -2.02. The van der Waals surface area contributed by atoms with E-state index in [9.17, 15) is 0 Å². The van der Waals surface area contributed by atoms with Crippen molar-refractivity contribution in [2.75, 3.05) is 5.73 Å². The van der Waals surface area contributed by atoms with Crippen molar-refractivity contribution >= 4 is 17.4 Å². The minimum atomic E-state index is 0.414. The van der Waals surface area contributed by atoms with Gasteiger partial charge in [0.25, 0.3) is 0 Å². The standard InChI is InChI=1S/C9H9ClN4/c10-8-4-2-1-3-7(8)5-14-6-9(11)12-13-14/h1-4,6H,5,11H2. The molecule has 5 heteroatoms. The number of nitrogens with two attached hydrogens (primary N) is 1. The van der Waals surface area contributed by atoms with Crippen LogP contribution in [0.15, 0.2) is 30.5 Å². The first-order chi connectivity index (χ1) is 6.75. The quantitative estimate of drug-likeness (QED) is 0.815. The fraction of sp³-hybridized carbons (Fsp3) is 0.111. The maximum Gasteiger partial charge on any atom is 0.165 e. The van der Waals surface area contributed by atoms with E-state index in [1.807, 2.05) is 24.3 Å². The molecule has 0 bridgehead atoms. The molecule has 0 fully saturated rings. The summed E-state index contributed by atoms with van der Waals surface area (Å²) >= 11 is 5.99. The van der Waals surface area contributed by atoms with Gasteiger partial charge in [-0.25, -0.2) is 4.68 Å². The van der Waals surface area contributed by atoms with Gasteiger partial charge in [0.2, 0.25) is 0 Å². The number of aromatic nitrogens is 3. The van der Waals surface area contributed by atoms with Gasteiger partial charge in [0, 0.05) is 5.02 Å². The van der Waals surface area contributed by atoms with E-state index < -0.39 is 0 Å². The number of anilines is 1. The van der Waals surface area contributed by atoms with Crippen LogP contribution in [0.3, 0.4) is 0 Å². The van der Waals surface area contributed by atoms with Gasteiger partial charge in [0.1, 0.15) is 0 Å². The molecule has 0 aliphatic carbocycles. The molecule has 14 heavy (non-hydrogen) atoms. The average molecular weight is 209 g/mol. The van der Waals surface area contributed by atoms with E-state index in [-0.39, 0.29) is 0 Å². The summed E-state index contributed by atoms with van der Waals surface area (Å²) in [5, 5.41) is 8.25. The van der Waals surface area contributed by atoms with E-state index in [2.05, 4.69) is 10.3 Å². The molecule has 1 aromatic carbocycles. The zero-order chi connectivity index (χ0) is 9.97. The van der Waals surface area contributed by atoms with Crippen molar-refractivity contribution in [1.29, 1.82) is 0 Å². The monoisotopic (exact) mass is 208 g/mol. The van der Waals surface area contributed by atoms with E-state index in [4.69, 9.17) is 17.3 Å². The Morgan fingerprint density at radius 3 is 2.79 bits per heavy atom. The summed E-state index contributed by atoms with van der Waals surface area (Å²) in [6, 6.07) is 7.61. The maximum atomic E-state index is 5.99. The second-order valence-corrected chi connectivity index (χ2v) is 3.34. The Labute approximate surface area is 86.3 Å². The molecular formula is C9H9ClN4. The van der Waals surface area contributed by atoms with Crippen molar-refractivity contribution in [3.8, 4) is 0 Å². The highest BCUT2D eigenvalue weighted by Gasteiger charge is 2.01. The molecule has 0 atom stereocenters. The van der Waals surface area contributed by atoms with Gasteiger partial charge in [-0.1, -0.05) is 35.0 Å². The third-order valence-corrected chi connectivity index (χ3v) is 2.22. The van der Waals surface area contributed by atoms with Gasteiger partial charge in [-0.05, 0) is 11.6 Å². The zero-order valence-electron chi connectivity index (χ0n) is 7.39. The van der Waals surface area contributed by atoms with Crippen molar-refractivity contribution in [2.45, 2.75) is 6.54 Å². The molecule has 1 heterocycles. The van der Waals surface area contributed by atoms with Crippen LogP contribution >= 0.6 is 11.6 Å². The van der Waals surface area contributed by atoms with Crippen LogP contribution in [-0.4, -0.2) is 15.0 Å². The van der Waals surface area contributed by atoms with Crippen molar-refractivity contribution < 1.29 is 0 Å². The van der Waals surface area contributed by atoms with E-state index in [0.29, 0.717) is 12.4 Å². The highest BCUT2D eigenvalue weighted by atomic mass is 35.5. The molecule has 4 nitrogen and oxygen atoms in total. The minimum absolute atomic E-state index is 0.414.